The van der Waals surface area contributed by atoms with Crippen molar-refractivity contribution in [2.75, 3.05) is 13.6 Å². The second kappa shape index (κ2) is 5.76. The van der Waals surface area contributed by atoms with Crippen LogP contribution in [0.5, 0.6) is 0 Å². The normalized spacial score (nSPS) is 15.4. The summed E-state index contributed by atoms with van der Waals surface area (Å²) in [6.07, 6.45) is -9.85. The number of hydrogen-bond donors (Lipinski definition) is 1. The highest BCUT2D eigenvalue weighted by molar-refractivity contribution is 5.06. The fraction of sp³-hybridized carbons (Fsp3) is 1.00. The topological polar surface area (TPSA) is 16.6 Å². The first-order valence-electron chi connectivity index (χ1n) is 5.42. The Morgan fingerprint density at radius 2 is 1.10 bits per heavy atom. The lowest BCUT2D eigenvalue weighted by Crippen LogP contribution is -2.79. The van der Waals surface area contributed by atoms with Crippen LogP contribution in [-0.4, -0.2) is 43.5 Å². The van der Waals surface area contributed by atoms with Gasteiger partial charge >= 0.3 is 29.9 Å². The molecule has 0 aliphatic rings. The first kappa shape index (κ1) is 20.2. The highest BCUT2D eigenvalue weighted by Gasteiger charge is 2.86. The molecule has 0 heterocycles. The van der Waals surface area contributed by atoms with E-state index in [2.05, 4.69) is 0 Å². The molecular formula is C9H11F11N+. The molecule has 21 heavy (non-hydrogen) atoms. The Labute approximate surface area is 111 Å². The zero-order valence-corrected chi connectivity index (χ0v) is 10.4. The molecule has 0 saturated heterocycles. The van der Waals surface area contributed by atoms with Crippen LogP contribution in [0.3, 0.4) is 0 Å². The van der Waals surface area contributed by atoms with Crippen molar-refractivity contribution in [3.05, 3.63) is 0 Å². The van der Waals surface area contributed by atoms with Gasteiger partial charge in [0, 0.05) is 12.8 Å². The van der Waals surface area contributed by atoms with Crippen LogP contribution >= 0.6 is 0 Å². The summed E-state index contributed by atoms with van der Waals surface area (Å²) >= 11 is 0. The summed E-state index contributed by atoms with van der Waals surface area (Å²) in [6.45, 7) is -0.229. The van der Waals surface area contributed by atoms with Crippen LogP contribution in [0.1, 0.15) is 12.8 Å². The maximum absolute atomic E-state index is 13.0. The van der Waals surface area contributed by atoms with E-state index in [0.29, 0.717) is 0 Å². The molecule has 0 rings (SSSR count). The van der Waals surface area contributed by atoms with E-state index in [1.165, 1.54) is 12.4 Å². The average Bonchev–Trinajstić information content (AvgIpc) is 2.26. The molecule has 0 aliphatic heterocycles. The Morgan fingerprint density at radius 1 is 0.667 bits per heavy atom. The largest absolute Gasteiger partial charge is 0.460 e. The Balaban J connectivity index is 5.55. The van der Waals surface area contributed by atoms with Crippen molar-refractivity contribution in [3.8, 4) is 0 Å². The van der Waals surface area contributed by atoms with Crippen molar-refractivity contribution in [3.63, 3.8) is 0 Å². The van der Waals surface area contributed by atoms with E-state index in [1.807, 2.05) is 0 Å². The lowest BCUT2D eigenvalue weighted by molar-refractivity contribution is -0.627. The standard InChI is InChI=1S/C9H10F11N/c1-21-4-2-3-5(10,11)6(12,13)7(14,15)8(16,17)9(18,19)20/h21H,2-4H2,1H3/p+1. The van der Waals surface area contributed by atoms with E-state index in [9.17, 15) is 48.3 Å². The van der Waals surface area contributed by atoms with Gasteiger partial charge in [-0.05, 0) is 0 Å². The van der Waals surface area contributed by atoms with Crippen molar-refractivity contribution in [2.45, 2.75) is 42.7 Å². The molecule has 0 atom stereocenters. The number of halogens is 11. The molecule has 0 aliphatic carbocycles. The number of rotatable bonds is 7. The third-order valence-corrected chi connectivity index (χ3v) is 2.59. The Kier molecular flexibility index (Phi) is 5.54. The molecular weight excluding hydrogens is 331 g/mol. The molecule has 128 valence electrons. The van der Waals surface area contributed by atoms with Crippen molar-refractivity contribution in [2.24, 2.45) is 0 Å². The first-order valence-corrected chi connectivity index (χ1v) is 5.42. The smallest absolute Gasteiger partial charge is 0.349 e. The molecule has 0 aromatic rings. The zero-order valence-electron chi connectivity index (χ0n) is 10.4. The van der Waals surface area contributed by atoms with Gasteiger partial charge in [0.15, 0.2) is 0 Å². The number of hydrogen-bond acceptors (Lipinski definition) is 0. The molecule has 0 saturated carbocycles. The highest BCUT2D eigenvalue weighted by atomic mass is 19.4. The fourth-order valence-corrected chi connectivity index (χ4v) is 1.29. The monoisotopic (exact) mass is 342 g/mol. The molecule has 0 amide bonds. The molecule has 0 spiro atoms. The molecule has 1 nitrogen and oxygen atoms in total. The fourth-order valence-electron chi connectivity index (χ4n) is 1.29. The van der Waals surface area contributed by atoms with Crippen molar-refractivity contribution in [1.29, 1.82) is 0 Å². The molecule has 0 aromatic heterocycles. The lowest BCUT2D eigenvalue weighted by atomic mass is 9.95. The Morgan fingerprint density at radius 3 is 1.43 bits per heavy atom. The van der Waals surface area contributed by atoms with Gasteiger partial charge < -0.3 is 5.32 Å². The van der Waals surface area contributed by atoms with Gasteiger partial charge in [0.1, 0.15) is 0 Å². The number of alkyl halides is 11. The number of quaternary nitrogens is 1. The summed E-state index contributed by atoms with van der Waals surface area (Å²) in [5.74, 6) is -27.2. The van der Waals surface area contributed by atoms with Crippen molar-refractivity contribution < 1.29 is 53.6 Å². The summed E-state index contributed by atoms with van der Waals surface area (Å²) in [4.78, 5) is 0. The number of nitrogens with two attached hydrogens (primary N) is 1. The third-order valence-electron chi connectivity index (χ3n) is 2.59. The van der Waals surface area contributed by atoms with Crippen molar-refractivity contribution >= 4 is 0 Å². The molecule has 0 fully saturated rings. The predicted molar refractivity (Wildman–Crippen MR) is 47.8 cm³/mol. The van der Waals surface area contributed by atoms with E-state index in [1.54, 1.807) is 0 Å². The third kappa shape index (κ3) is 3.34. The molecule has 0 bridgehead atoms. The summed E-state index contributed by atoms with van der Waals surface area (Å²) in [5.41, 5.74) is 0. The van der Waals surface area contributed by atoms with E-state index < -0.39 is 42.7 Å². The summed E-state index contributed by atoms with van der Waals surface area (Å²) in [5, 5.41) is 1.21. The molecule has 12 heteroatoms. The van der Waals surface area contributed by atoms with Crippen LogP contribution in [0.25, 0.3) is 0 Å². The molecule has 2 N–H and O–H groups in total. The van der Waals surface area contributed by atoms with E-state index in [-0.39, 0.29) is 6.54 Å². The van der Waals surface area contributed by atoms with E-state index in [0.717, 1.165) is 0 Å². The van der Waals surface area contributed by atoms with Crippen molar-refractivity contribution in [1.82, 2.24) is 0 Å². The van der Waals surface area contributed by atoms with E-state index >= 15 is 0 Å². The van der Waals surface area contributed by atoms with Crippen LogP contribution in [0.15, 0.2) is 0 Å². The second-order valence-electron chi connectivity index (χ2n) is 4.23. The maximum atomic E-state index is 13.0. The van der Waals surface area contributed by atoms with Gasteiger partial charge in [-0.2, -0.15) is 48.3 Å². The van der Waals surface area contributed by atoms with Gasteiger partial charge in [0.25, 0.3) is 0 Å². The Bertz CT molecular complexity index is 346. The molecule has 0 radical (unpaired) electrons. The van der Waals surface area contributed by atoms with Crippen LogP contribution in [-0.2, 0) is 0 Å². The predicted octanol–water partition coefficient (Wildman–Crippen LogP) is 3.06. The van der Waals surface area contributed by atoms with Crippen LogP contribution in [0.2, 0.25) is 0 Å². The summed E-state index contributed by atoms with van der Waals surface area (Å²) in [7, 11) is 1.32. The van der Waals surface area contributed by atoms with Gasteiger partial charge in [-0.1, -0.05) is 0 Å². The quantitative estimate of drug-likeness (QED) is 0.541. The first-order chi connectivity index (χ1) is 9.06. The van der Waals surface area contributed by atoms with Gasteiger partial charge in [0.2, 0.25) is 0 Å². The molecule has 0 unspecified atom stereocenters. The average molecular weight is 342 g/mol. The van der Waals surface area contributed by atoms with E-state index in [4.69, 9.17) is 0 Å². The highest BCUT2D eigenvalue weighted by Crippen LogP contribution is 2.57. The van der Waals surface area contributed by atoms with Crippen LogP contribution in [0.4, 0.5) is 48.3 Å². The van der Waals surface area contributed by atoms with Gasteiger partial charge in [0.05, 0.1) is 13.6 Å². The zero-order chi connectivity index (χ0) is 17.3. The minimum atomic E-state index is -7.30. The Hall–Kier alpha value is -0.810. The summed E-state index contributed by atoms with van der Waals surface area (Å²) in [6, 6.07) is 0. The van der Waals surface area contributed by atoms with Gasteiger partial charge in [-0.25, -0.2) is 0 Å². The summed E-state index contributed by atoms with van der Waals surface area (Å²) < 4.78 is 137. The van der Waals surface area contributed by atoms with Crippen LogP contribution < -0.4 is 5.32 Å². The SMILES string of the molecule is C[NH2+]CCCC(F)(F)C(F)(F)C(F)(F)C(F)(F)C(F)(F)F. The molecule has 0 aromatic carbocycles. The minimum Gasteiger partial charge on any atom is -0.349 e. The lowest BCUT2D eigenvalue weighted by Gasteiger charge is -2.37. The minimum absolute atomic E-state index is 0.229. The van der Waals surface area contributed by atoms with Gasteiger partial charge in [-0.15, -0.1) is 0 Å². The second-order valence-corrected chi connectivity index (χ2v) is 4.23. The van der Waals surface area contributed by atoms with Crippen LogP contribution in [0, 0.1) is 0 Å². The van der Waals surface area contributed by atoms with Gasteiger partial charge in [-0.3, -0.25) is 0 Å². The maximum Gasteiger partial charge on any atom is 0.460 e.